The predicted molar refractivity (Wildman–Crippen MR) is 65.6 cm³/mol. The summed E-state index contributed by atoms with van der Waals surface area (Å²) in [6, 6.07) is 5.39. The number of aromatic nitrogens is 1. The lowest BCUT2D eigenvalue weighted by atomic mass is 10.1. The quantitative estimate of drug-likeness (QED) is 0.470. The molecule has 5 heteroatoms. The molecule has 0 aliphatic rings. The Morgan fingerprint density at radius 3 is 2.93 bits per heavy atom. The van der Waals surface area contributed by atoms with Crippen LogP contribution in [0, 0.1) is 0 Å². The van der Waals surface area contributed by atoms with Crippen LogP contribution in [0.2, 0.25) is 0 Å². The number of rotatable bonds is 1. The highest BCUT2D eigenvalue weighted by Gasteiger charge is 2.09. The highest BCUT2D eigenvalue weighted by atomic mass is 32.1. The van der Waals surface area contributed by atoms with Gasteiger partial charge in [0.1, 0.15) is 0 Å². The van der Waals surface area contributed by atoms with Crippen LogP contribution in [0.3, 0.4) is 0 Å². The number of esters is 1. The molecule has 1 aromatic carbocycles. The molecule has 0 spiro atoms. The minimum Gasteiger partial charge on any atom is -0.465 e. The van der Waals surface area contributed by atoms with Crippen molar-refractivity contribution < 1.29 is 9.53 Å². The summed E-state index contributed by atoms with van der Waals surface area (Å²) < 4.78 is 6.54. The summed E-state index contributed by atoms with van der Waals surface area (Å²) in [4.78, 5) is 12.2. The van der Waals surface area contributed by atoms with Crippen molar-refractivity contribution in [2.75, 3.05) is 7.11 Å². The first-order chi connectivity index (χ1) is 7.13. The van der Waals surface area contributed by atoms with Gasteiger partial charge in [-0.15, -0.1) is 12.6 Å². The van der Waals surface area contributed by atoms with Crippen molar-refractivity contribution in [2.45, 2.75) is 4.90 Å². The van der Waals surface area contributed by atoms with Crippen LogP contribution in [0.1, 0.15) is 10.4 Å². The van der Waals surface area contributed by atoms with Crippen molar-refractivity contribution in [2.24, 2.45) is 0 Å². The first kappa shape index (κ1) is 10.5. The number of carbonyl (C=O) groups excluding carboxylic acids is 1. The number of hydrogen-bond donors (Lipinski definition) is 1. The molecule has 3 nitrogen and oxygen atoms in total. The van der Waals surface area contributed by atoms with Gasteiger partial charge in [0.05, 0.1) is 18.2 Å². The third-order valence-electron chi connectivity index (χ3n) is 2.23. The zero-order chi connectivity index (χ0) is 11.0. The number of hydrogen-bond acceptors (Lipinski definition) is 3. The van der Waals surface area contributed by atoms with Gasteiger partial charge in [0.25, 0.3) is 0 Å². The van der Waals surface area contributed by atoms with Crippen LogP contribution in [0.5, 0.6) is 0 Å². The maximum atomic E-state index is 11.3. The maximum Gasteiger partial charge on any atom is 0.337 e. The second kappa shape index (κ2) is 3.87. The Kier molecular flexibility index (Phi) is 2.72. The molecule has 15 heavy (non-hydrogen) atoms. The average molecular weight is 239 g/mol. The van der Waals surface area contributed by atoms with Crippen molar-refractivity contribution in [3.8, 4) is 0 Å². The van der Waals surface area contributed by atoms with Crippen LogP contribution in [-0.4, -0.2) is 17.4 Å². The molecule has 0 fully saturated rings. The lowest BCUT2D eigenvalue weighted by Gasteiger charge is -2.00. The molecule has 0 radical (unpaired) electrons. The SMILES string of the molecule is COC(=O)c1ccc2c(c1)c(S)cn2P. The molecule has 0 bridgehead atoms. The van der Waals surface area contributed by atoms with E-state index in [-0.39, 0.29) is 5.97 Å². The molecule has 0 aliphatic carbocycles. The third-order valence-corrected chi connectivity index (χ3v) is 3.02. The van der Waals surface area contributed by atoms with Crippen LogP contribution >= 0.6 is 22.0 Å². The molecule has 1 atom stereocenters. The molecular weight excluding hydrogens is 229 g/mol. The summed E-state index contributed by atoms with van der Waals surface area (Å²) in [6.07, 6.45) is 1.87. The summed E-state index contributed by atoms with van der Waals surface area (Å²) in [6.45, 7) is 0. The van der Waals surface area contributed by atoms with Crippen molar-refractivity contribution >= 4 is 38.9 Å². The second-order valence-corrected chi connectivity index (χ2v) is 4.18. The summed E-state index contributed by atoms with van der Waals surface area (Å²) in [5, 5.41) is 0.941. The Hall–Kier alpha value is -0.990. The van der Waals surface area contributed by atoms with Gasteiger partial charge in [0.2, 0.25) is 0 Å². The first-order valence-electron chi connectivity index (χ1n) is 4.31. The molecule has 1 unspecified atom stereocenters. The van der Waals surface area contributed by atoms with Gasteiger partial charge >= 0.3 is 5.97 Å². The Balaban J connectivity index is 2.65. The average Bonchev–Trinajstić information content (AvgIpc) is 2.53. The van der Waals surface area contributed by atoms with E-state index >= 15 is 0 Å². The third kappa shape index (κ3) is 1.75. The largest absolute Gasteiger partial charge is 0.465 e. The second-order valence-electron chi connectivity index (χ2n) is 3.15. The summed E-state index contributed by atoms with van der Waals surface area (Å²) in [7, 11) is 3.94. The van der Waals surface area contributed by atoms with Gasteiger partial charge in [-0.25, -0.2) is 4.79 Å². The van der Waals surface area contributed by atoms with Crippen molar-refractivity contribution in [3.05, 3.63) is 30.0 Å². The van der Waals surface area contributed by atoms with E-state index in [0.29, 0.717) is 5.56 Å². The molecule has 2 aromatic rings. The molecular formula is C10H10NO2PS. The fourth-order valence-electron chi connectivity index (χ4n) is 1.48. The first-order valence-corrected chi connectivity index (χ1v) is 5.27. The molecule has 1 heterocycles. The molecule has 0 saturated heterocycles. The van der Waals surface area contributed by atoms with Crippen molar-refractivity contribution in [1.82, 2.24) is 4.34 Å². The monoisotopic (exact) mass is 239 g/mol. The van der Waals surface area contributed by atoms with Gasteiger partial charge in [-0.2, -0.15) is 0 Å². The normalized spacial score (nSPS) is 10.6. The smallest absolute Gasteiger partial charge is 0.337 e. The van der Waals surface area contributed by atoms with E-state index in [0.717, 1.165) is 15.8 Å². The molecule has 0 aliphatic heterocycles. The molecule has 1 aromatic heterocycles. The van der Waals surface area contributed by atoms with Crippen LogP contribution in [0.25, 0.3) is 10.9 Å². The van der Waals surface area contributed by atoms with Crippen LogP contribution in [0.4, 0.5) is 0 Å². The molecule has 0 amide bonds. The topological polar surface area (TPSA) is 31.2 Å². The van der Waals surface area contributed by atoms with Gasteiger partial charge in [-0.05, 0) is 27.6 Å². The number of carbonyl (C=O) groups is 1. The van der Waals surface area contributed by atoms with E-state index in [1.165, 1.54) is 7.11 Å². The van der Waals surface area contributed by atoms with Crippen LogP contribution in [-0.2, 0) is 4.74 Å². The zero-order valence-corrected chi connectivity index (χ0v) is 10.1. The number of nitrogens with zero attached hydrogens (tertiary/aromatic N) is 1. The molecule has 0 N–H and O–H groups in total. The minimum atomic E-state index is -0.332. The lowest BCUT2D eigenvalue weighted by Crippen LogP contribution is -2.00. The number of ether oxygens (including phenoxy) is 1. The van der Waals surface area contributed by atoms with Gasteiger partial charge in [-0.3, -0.25) is 0 Å². The number of methoxy groups -OCH3 is 1. The van der Waals surface area contributed by atoms with Gasteiger partial charge < -0.3 is 9.07 Å². The van der Waals surface area contributed by atoms with E-state index in [1.807, 2.05) is 16.6 Å². The van der Waals surface area contributed by atoms with E-state index in [1.54, 1.807) is 12.1 Å². The van der Waals surface area contributed by atoms with Crippen molar-refractivity contribution in [3.63, 3.8) is 0 Å². The minimum absolute atomic E-state index is 0.332. The number of fused-ring (bicyclic) bond motifs is 1. The number of thiol groups is 1. The van der Waals surface area contributed by atoms with Crippen LogP contribution < -0.4 is 0 Å². The van der Waals surface area contributed by atoms with E-state index in [9.17, 15) is 4.79 Å². The molecule has 2 rings (SSSR count). The Bertz CT molecular complexity index is 535. The van der Waals surface area contributed by atoms with E-state index < -0.39 is 0 Å². The van der Waals surface area contributed by atoms with Gasteiger partial charge in [0, 0.05) is 16.5 Å². The van der Waals surface area contributed by atoms with Gasteiger partial charge in [-0.1, -0.05) is 0 Å². The van der Waals surface area contributed by atoms with E-state index in [2.05, 4.69) is 26.8 Å². The fourth-order valence-corrected chi connectivity index (χ4v) is 2.29. The lowest BCUT2D eigenvalue weighted by molar-refractivity contribution is 0.0601. The molecule has 0 saturated carbocycles. The maximum absolute atomic E-state index is 11.3. The highest BCUT2D eigenvalue weighted by Crippen LogP contribution is 2.27. The zero-order valence-electron chi connectivity index (χ0n) is 8.10. The number of benzene rings is 1. The Labute approximate surface area is 95.1 Å². The predicted octanol–water partition coefficient (Wildman–Crippen LogP) is 2.35. The van der Waals surface area contributed by atoms with Crippen molar-refractivity contribution in [1.29, 1.82) is 0 Å². The van der Waals surface area contributed by atoms with E-state index in [4.69, 9.17) is 0 Å². The summed E-state index contributed by atoms with van der Waals surface area (Å²) in [5.74, 6) is -0.332. The van der Waals surface area contributed by atoms with Crippen LogP contribution in [0.15, 0.2) is 29.3 Å². The summed E-state index contributed by atoms with van der Waals surface area (Å²) >= 11 is 4.33. The van der Waals surface area contributed by atoms with Gasteiger partial charge in [0.15, 0.2) is 0 Å². The standard InChI is InChI=1S/C10H10NO2PS/c1-13-10(12)6-2-3-8-7(4-6)9(15)5-11(8)14/h2-5,15H,14H2,1H3. The molecule has 78 valence electrons. The summed E-state index contributed by atoms with van der Waals surface area (Å²) in [5.41, 5.74) is 1.55. The highest BCUT2D eigenvalue weighted by molar-refractivity contribution is 7.80. The fraction of sp³-hybridized carbons (Fsp3) is 0.100. The Morgan fingerprint density at radius 1 is 1.53 bits per heavy atom. The Morgan fingerprint density at radius 2 is 2.27 bits per heavy atom.